The predicted molar refractivity (Wildman–Crippen MR) is 111 cm³/mol. The first kappa shape index (κ1) is 19.1. The van der Waals surface area contributed by atoms with Crippen molar-refractivity contribution in [1.29, 1.82) is 0 Å². The summed E-state index contributed by atoms with van der Waals surface area (Å²) in [6.45, 7) is 5.05. The third-order valence-corrected chi connectivity index (χ3v) is 5.05. The fourth-order valence-corrected chi connectivity index (χ4v) is 3.27. The maximum atomic E-state index is 12.4. The van der Waals surface area contributed by atoms with Gasteiger partial charge in [0.2, 0.25) is 0 Å². The number of likely N-dealkylation sites (N-methyl/N-ethyl adjacent to an activating group) is 1. The number of hydrogen-bond donors (Lipinski definition) is 1. The number of benzene rings is 1. The van der Waals surface area contributed by atoms with E-state index in [-0.39, 0.29) is 5.91 Å². The van der Waals surface area contributed by atoms with Crippen LogP contribution in [0.5, 0.6) is 0 Å². The minimum absolute atomic E-state index is 0.243. The van der Waals surface area contributed by atoms with Crippen molar-refractivity contribution in [3.63, 3.8) is 0 Å². The van der Waals surface area contributed by atoms with Crippen molar-refractivity contribution in [3.05, 3.63) is 71.7 Å². The number of hydrogen-bond acceptors (Lipinski definition) is 6. The molecule has 1 aromatic carbocycles. The number of nitrogens with zero attached hydrogens (tertiary/aromatic N) is 6. The van der Waals surface area contributed by atoms with Crippen LogP contribution in [-0.2, 0) is 13.1 Å². The van der Waals surface area contributed by atoms with Crippen molar-refractivity contribution in [1.82, 2.24) is 30.2 Å². The van der Waals surface area contributed by atoms with Gasteiger partial charge in [0.1, 0.15) is 5.82 Å². The molecule has 0 spiro atoms. The van der Waals surface area contributed by atoms with Crippen molar-refractivity contribution in [2.24, 2.45) is 0 Å². The van der Waals surface area contributed by atoms with Gasteiger partial charge in [0.15, 0.2) is 5.69 Å². The van der Waals surface area contributed by atoms with Crippen LogP contribution in [0.3, 0.4) is 0 Å². The SMILES string of the molecule is CN1CCN(c2ccc(CNC(=O)c3cn(Cc4ccccc4)nn3)cn2)CC1. The van der Waals surface area contributed by atoms with Crippen LogP contribution in [0.1, 0.15) is 21.6 Å². The van der Waals surface area contributed by atoms with E-state index in [0.717, 1.165) is 43.1 Å². The highest BCUT2D eigenvalue weighted by Crippen LogP contribution is 2.13. The van der Waals surface area contributed by atoms with Gasteiger partial charge in [0, 0.05) is 38.9 Å². The smallest absolute Gasteiger partial charge is 0.273 e. The summed E-state index contributed by atoms with van der Waals surface area (Å²) in [5.74, 6) is 0.740. The van der Waals surface area contributed by atoms with Gasteiger partial charge in [-0.25, -0.2) is 9.67 Å². The van der Waals surface area contributed by atoms with E-state index in [9.17, 15) is 4.79 Å². The largest absolute Gasteiger partial charge is 0.354 e. The first-order valence-corrected chi connectivity index (χ1v) is 9.78. The van der Waals surface area contributed by atoms with Crippen molar-refractivity contribution >= 4 is 11.7 Å². The molecule has 0 radical (unpaired) electrons. The number of anilines is 1. The molecule has 0 aliphatic carbocycles. The molecule has 0 atom stereocenters. The molecule has 2 aromatic heterocycles. The molecular weight excluding hydrogens is 366 g/mol. The Balaban J connectivity index is 1.29. The Morgan fingerprint density at radius 2 is 1.83 bits per heavy atom. The zero-order chi connectivity index (χ0) is 20.1. The number of carbonyl (C=O) groups is 1. The Morgan fingerprint density at radius 1 is 1.03 bits per heavy atom. The highest BCUT2D eigenvalue weighted by atomic mass is 16.2. The van der Waals surface area contributed by atoms with Gasteiger partial charge in [-0.1, -0.05) is 41.6 Å². The number of rotatable bonds is 6. The molecule has 1 aliphatic rings. The fourth-order valence-electron chi connectivity index (χ4n) is 3.27. The van der Waals surface area contributed by atoms with Gasteiger partial charge < -0.3 is 15.1 Å². The average molecular weight is 391 g/mol. The Kier molecular flexibility index (Phi) is 5.81. The van der Waals surface area contributed by atoms with E-state index >= 15 is 0 Å². The monoisotopic (exact) mass is 391 g/mol. The molecule has 1 N–H and O–H groups in total. The summed E-state index contributed by atoms with van der Waals surface area (Å²) in [6, 6.07) is 14.0. The predicted octanol–water partition coefficient (Wildman–Crippen LogP) is 1.40. The summed E-state index contributed by atoms with van der Waals surface area (Å²) in [5, 5.41) is 10.9. The molecule has 0 unspecified atom stereocenters. The second-order valence-corrected chi connectivity index (χ2v) is 7.28. The number of aromatic nitrogens is 4. The van der Waals surface area contributed by atoms with Gasteiger partial charge >= 0.3 is 0 Å². The lowest BCUT2D eigenvalue weighted by atomic mass is 10.2. The highest BCUT2D eigenvalue weighted by Gasteiger charge is 2.15. The molecule has 0 bridgehead atoms. The fraction of sp³-hybridized carbons (Fsp3) is 0.333. The van der Waals surface area contributed by atoms with E-state index in [1.54, 1.807) is 10.9 Å². The number of pyridine rings is 1. The zero-order valence-corrected chi connectivity index (χ0v) is 16.5. The number of nitrogens with one attached hydrogen (secondary N) is 1. The molecule has 0 saturated carbocycles. The Morgan fingerprint density at radius 3 is 2.55 bits per heavy atom. The normalized spacial score (nSPS) is 14.7. The molecule has 1 fully saturated rings. The third-order valence-electron chi connectivity index (χ3n) is 5.05. The molecule has 1 saturated heterocycles. The first-order chi connectivity index (χ1) is 14.2. The van der Waals surface area contributed by atoms with Gasteiger partial charge in [0.25, 0.3) is 5.91 Å². The number of amides is 1. The molecule has 4 rings (SSSR count). The number of carbonyl (C=O) groups excluding carboxylic acids is 1. The minimum atomic E-state index is -0.243. The molecule has 3 aromatic rings. The van der Waals surface area contributed by atoms with E-state index in [1.165, 1.54) is 0 Å². The summed E-state index contributed by atoms with van der Waals surface area (Å²) < 4.78 is 1.66. The number of piperazine rings is 1. The van der Waals surface area contributed by atoms with Crippen LogP contribution in [0.25, 0.3) is 0 Å². The van der Waals surface area contributed by atoms with Crippen LogP contribution in [0.15, 0.2) is 54.9 Å². The molecule has 1 aliphatic heterocycles. The Labute approximate surface area is 170 Å². The summed E-state index contributed by atoms with van der Waals surface area (Å²) in [4.78, 5) is 21.5. The molecule has 8 heteroatoms. The molecule has 1 amide bonds. The maximum absolute atomic E-state index is 12.4. The zero-order valence-electron chi connectivity index (χ0n) is 16.5. The third kappa shape index (κ3) is 4.97. The van der Waals surface area contributed by atoms with Gasteiger partial charge in [0.05, 0.1) is 12.7 Å². The topological polar surface area (TPSA) is 79.2 Å². The molecule has 29 heavy (non-hydrogen) atoms. The Hall–Kier alpha value is -3.26. The summed E-state index contributed by atoms with van der Waals surface area (Å²) in [7, 11) is 2.14. The van der Waals surface area contributed by atoms with E-state index in [4.69, 9.17) is 0 Å². The lowest BCUT2D eigenvalue weighted by Crippen LogP contribution is -2.44. The molecular formula is C21H25N7O. The van der Waals surface area contributed by atoms with E-state index < -0.39 is 0 Å². The van der Waals surface area contributed by atoms with Crippen molar-refractivity contribution < 1.29 is 4.79 Å². The van der Waals surface area contributed by atoms with Gasteiger partial charge in [-0.3, -0.25) is 4.79 Å². The van der Waals surface area contributed by atoms with Crippen molar-refractivity contribution in [2.45, 2.75) is 13.1 Å². The molecule has 3 heterocycles. The lowest BCUT2D eigenvalue weighted by Gasteiger charge is -2.33. The van der Waals surface area contributed by atoms with E-state index in [0.29, 0.717) is 18.8 Å². The Bertz CT molecular complexity index is 931. The molecule has 8 nitrogen and oxygen atoms in total. The summed E-state index contributed by atoms with van der Waals surface area (Å²) in [5.41, 5.74) is 2.37. The van der Waals surface area contributed by atoms with Gasteiger partial charge in [-0.15, -0.1) is 5.10 Å². The quantitative estimate of drug-likeness (QED) is 0.684. The summed E-state index contributed by atoms with van der Waals surface area (Å²) >= 11 is 0. The van der Waals surface area contributed by atoms with Gasteiger partial charge in [-0.05, 0) is 24.2 Å². The molecule has 150 valence electrons. The van der Waals surface area contributed by atoms with Gasteiger partial charge in [-0.2, -0.15) is 0 Å². The first-order valence-electron chi connectivity index (χ1n) is 9.78. The second kappa shape index (κ2) is 8.83. The second-order valence-electron chi connectivity index (χ2n) is 7.28. The van der Waals surface area contributed by atoms with Crippen LogP contribution in [-0.4, -0.2) is 64.0 Å². The highest BCUT2D eigenvalue weighted by molar-refractivity contribution is 5.91. The summed E-state index contributed by atoms with van der Waals surface area (Å²) in [6.07, 6.45) is 3.48. The minimum Gasteiger partial charge on any atom is -0.354 e. The van der Waals surface area contributed by atoms with Crippen molar-refractivity contribution in [2.75, 3.05) is 38.1 Å². The van der Waals surface area contributed by atoms with Crippen molar-refractivity contribution in [3.8, 4) is 0 Å². The standard InChI is InChI=1S/C21H25N7O/c1-26-9-11-27(12-10-26)20-8-7-18(13-22-20)14-23-21(29)19-16-28(25-24-19)15-17-5-3-2-4-6-17/h2-8,13,16H,9-12,14-15H2,1H3,(H,23,29). The van der Waals surface area contributed by atoms with Crippen LogP contribution < -0.4 is 10.2 Å². The van der Waals surface area contributed by atoms with Crippen LogP contribution >= 0.6 is 0 Å². The van der Waals surface area contributed by atoms with Crippen LogP contribution in [0.2, 0.25) is 0 Å². The van der Waals surface area contributed by atoms with Crippen LogP contribution in [0.4, 0.5) is 5.82 Å². The van der Waals surface area contributed by atoms with E-state index in [2.05, 4.69) is 37.5 Å². The van der Waals surface area contributed by atoms with Crippen LogP contribution in [0, 0.1) is 0 Å². The average Bonchev–Trinajstić information content (AvgIpc) is 3.22. The maximum Gasteiger partial charge on any atom is 0.273 e. The van der Waals surface area contributed by atoms with E-state index in [1.807, 2.05) is 48.7 Å². The lowest BCUT2D eigenvalue weighted by molar-refractivity contribution is 0.0946.